The van der Waals surface area contributed by atoms with Crippen LogP contribution in [0.25, 0.3) is 32.3 Å². The van der Waals surface area contributed by atoms with Gasteiger partial charge in [0.1, 0.15) is 24.0 Å². The molecule has 9 nitrogen and oxygen atoms in total. The first-order valence-corrected chi connectivity index (χ1v) is 16.0. The summed E-state index contributed by atoms with van der Waals surface area (Å²) in [5, 5.41) is 70.0. The van der Waals surface area contributed by atoms with Crippen molar-refractivity contribution in [3.8, 4) is 17.2 Å². The van der Waals surface area contributed by atoms with Crippen LogP contribution in [0.2, 0.25) is 0 Å². The van der Waals surface area contributed by atoms with Crippen LogP contribution in [0.15, 0.2) is 97.1 Å². The molecule has 0 saturated carbocycles. The molecule has 0 unspecified atom stereocenters. The van der Waals surface area contributed by atoms with Gasteiger partial charge in [0.15, 0.2) is 5.11 Å². The number of benzene rings is 6. The summed E-state index contributed by atoms with van der Waals surface area (Å²) in [5.41, 5.74) is 6.44. The Bertz CT molecular complexity index is 2120. The number of thiocarbonyl (C=S) groups is 1. The van der Waals surface area contributed by atoms with Crippen LogP contribution in [0.1, 0.15) is 27.8 Å². The van der Waals surface area contributed by atoms with Gasteiger partial charge in [0.05, 0.1) is 13.2 Å². The van der Waals surface area contributed by atoms with Gasteiger partial charge in [0, 0.05) is 52.5 Å². The molecule has 0 bridgehead atoms. The van der Waals surface area contributed by atoms with E-state index in [9.17, 15) is 30.6 Å². The molecule has 0 aliphatic rings. The molecule has 7 N–H and O–H groups in total. The minimum atomic E-state index is -0.440. The molecule has 0 heterocycles. The fraction of sp³-hybridized carbons (Fsp3) is 0.184. The number of phenols is 3. The zero-order chi connectivity index (χ0) is 33.8. The Hall–Kier alpha value is -4.97. The molecule has 0 fully saturated rings. The minimum Gasteiger partial charge on any atom is -0.507 e. The lowest BCUT2D eigenvalue weighted by molar-refractivity contribution is 0.143. The van der Waals surface area contributed by atoms with Crippen LogP contribution in [0, 0.1) is 0 Å². The Kier molecular flexibility index (Phi) is 9.90. The van der Waals surface area contributed by atoms with Crippen molar-refractivity contribution in [2.24, 2.45) is 0 Å². The highest BCUT2D eigenvalue weighted by Gasteiger charge is 2.21. The largest absolute Gasteiger partial charge is 0.507 e. The molecular formula is C38H37N3O6S. The maximum atomic E-state index is 11.5. The second-order valence-electron chi connectivity index (χ2n) is 11.7. The molecule has 0 aliphatic heterocycles. The molecule has 48 heavy (non-hydrogen) atoms. The molecule has 10 heteroatoms. The molecule has 0 amide bonds. The normalized spacial score (nSPS) is 11.5. The number of rotatable bonds is 11. The SMILES string of the molecule is OCCc1cc(CN(Cc2cc(CO)c(O)c3ccccc23)NC(=S)N(CO)Cc2ccc3ccccc3c2O)c(O)c2ccccc12. The zero-order valence-corrected chi connectivity index (χ0v) is 27.0. The fourth-order valence-corrected chi connectivity index (χ4v) is 6.52. The van der Waals surface area contributed by atoms with E-state index in [-0.39, 0.29) is 55.2 Å². The lowest BCUT2D eigenvalue weighted by Gasteiger charge is -2.31. The van der Waals surface area contributed by atoms with Gasteiger partial charge in [-0.2, -0.15) is 0 Å². The number of aliphatic hydroxyl groups is 3. The van der Waals surface area contributed by atoms with Crippen LogP contribution in [0.3, 0.4) is 0 Å². The van der Waals surface area contributed by atoms with Gasteiger partial charge in [-0.25, -0.2) is 5.01 Å². The van der Waals surface area contributed by atoms with Crippen molar-refractivity contribution < 1.29 is 30.6 Å². The number of aliphatic hydroxyl groups excluding tert-OH is 3. The monoisotopic (exact) mass is 663 g/mol. The van der Waals surface area contributed by atoms with E-state index >= 15 is 0 Å². The third kappa shape index (κ3) is 6.57. The highest BCUT2D eigenvalue weighted by molar-refractivity contribution is 7.80. The number of hydrogen-bond acceptors (Lipinski definition) is 8. The molecule has 0 spiro atoms. The summed E-state index contributed by atoms with van der Waals surface area (Å²) in [6.07, 6.45) is 0.398. The molecule has 246 valence electrons. The van der Waals surface area contributed by atoms with Crippen molar-refractivity contribution in [3.05, 3.63) is 125 Å². The first kappa shape index (κ1) is 33.0. The van der Waals surface area contributed by atoms with Crippen molar-refractivity contribution in [1.82, 2.24) is 15.3 Å². The van der Waals surface area contributed by atoms with Crippen LogP contribution < -0.4 is 5.43 Å². The van der Waals surface area contributed by atoms with E-state index in [0.717, 1.165) is 27.3 Å². The van der Waals surface area contributed by atoms with E-state index in [1.54, 1.807) is 23.2 Å². The van der Waals surface area contributed by atoms with Crippen LogP contribution in [0.5, 0.6) is 17.2 Å². The van der Waals surface area contributed by atoms with Gasteiger partial charge in [-0.15, -0.1) is 0 Å². The maximum Gasteiger partial charge on any atom is 0.185 e. The molecule has 0 aliphatic carbocycles. The Morgan fingerprint density at radius 1 is 0.562 bits per heavy atom. The predicted molar refractivity (Wildman–Crippen MR) is 191 cm³/mol. The molecule has 0 saturated heterocycles. The summed E-state index contributed by atoms with van der Waals surface area (Å²) in [5.74, 6) is 0.210. The Labute approximate surface area is 283 Å². The topological polar surface area (TPSA) is 140 Å². The van der Waals surface area contributed by atoms with Crippen LogP contribution >= 0.6 is 12.2 Å². The van der Waals surface area contributed by atoms with Crippen molar-refractivity contribution in [2.45, 2.75) is 32.7 Å². The number of fused-ring (bicyclic) bond motifs is 3. The van der Waals surface area contributed by atoms with E-state index in [0.29, 0.717) is 39.3 Å². The second kappa shape index (κ2) is 14.4. The van der Waals surface area contributed by atoms with E-state index in [4.69, 9.17) is 12.2 Å². The Morgan fingerprint density at radius 3 is 1.75 bits per heavy atom. The first-order chi connectivity index (χ1) is 23.3. The van der Waals surface area contributed by atoms with Crippen LogP contribution in [0.4, 0.5) is 0 Å². The average Bonchev–Trinajstić information content (AvgIpc) is 3.11. The molecule has 0 radical (unpaired) electrons. The van der Waals surface area contributed by atoms with Gasteiger partial charge in [-0.1, -0.05) is 91.0 Å². The predicted octanol–water partition coefficient (Wildman–Crippen LogP) is 5.53. The number of hydrogen-bond donors (Lipinski definition) is 7. The van der Waals surface area contributed by atoms with Gasteiger partial charge < -0.3 is 35.5 Å². The standard InChI is InChI=1S/C38H37N3O6S/c42-16-15-25-17-28(36(46)33-11-5-3-8-30(25)33)21-41(20-27-18-29(22-43)37(47)34-12-6-4-9-31(27)34)39-38(48)40(23-44)19-26-14-13-24-7-1-2-10-32(24)35(26)45/h1-14,17-18,42-47H,15-16,19-23H2,(H,39,48). The smallest absolute Gasteiger partial charge is 0.185 e. The molecule has 6 aromatic carbocycles. The molecule has 6 aromatic rings. The van der Waals surface area contributed by atoms with E-state index in [1.165, 1.54) is 4.90 Å². The molecule has 0 aromatic heterocycles. The molecule has 6 rings (SSSR count). The van der Waals surface area contributed by atoms with Gasteiger partial charge in [0.2, 0.25) is 0 Å². The number of hydrazine groups is 1. The quantitative estimate of drug-likeness (QED) is 0.0538. The summed E-state index contributed by atoms with van der Waals surface area (Å²) in [7, 11) is 0. The van der Waals surface area contributed by atoms with Gasteiger partial charge in [-0.05, 0) is 52.0 Å². The zero-order valence-electron chi connectivity index (χ0n) is 26.2. The summed E-state index contributed by atoms with van der Waals surface area (Å²) >= 11 is 5.82. The molecule has 0 atom stereocenters. The Morgan fingerprint density at radius 2 is 1.10 bits per heavy atom. The number of aromatic hydroxyl groups is 3. The summed E-state index contributed by atoms with van der Waals surface area (Å²) in [6, 6.07) is 29.7. The van der Waals surface area contributed by atoms with Crippen LogP contribution in [-0.2, 0) is 32.7 Å². The summed E-state index contributed by atoms with van der Waals surface area (Å²) in [4.78, 5) is 1.51. The highest BCUT2D eigenvalue weighted by Crippen LogP contribution is 2.35. The molecular weight excluding hydrogens is 627 g/mol. The van der Waals surface area contributed by atoms with Crippen molar-refractivity contribution in [2.75, 3.05) is 13.3 Å². The van der Waals surface area contributed by atoms with Gasteiger partial charge >= 0.3 is 0 Å². The van der Waals surface area contributed by atoms with Crippen molar-refractivity contribution in [3.63, 3.8) is 0 Å². The average molecular weight is 664 g/mol. The van der Waals surface area contributed by atoms with Crippen molar-refractivity contribution >= 4 is 49.6 Å². The number of nitrogens with zero attached hydrogens (tertiary/aromatic N) is 2. The summed E-state index contributed by atoms with van der Waals surface area (Å²) in [6.45, 7) is -0.374. The number of nitrogens with one attached hydrogen (secondary N) is 1. The fourth-order valence-electron chi connectivity index (χ4n) is 6.27. The third-order valence-corrected chi connectivity index (χ3v) is 9.04. The highest BCUT2D eigenvalue weighted by atomic mass is 32.1. The van der Waals surface area contributed by atoms with Gasteiger partial charge in [0.25, 0.3) is 0 Å². The maximum absolute atomic E-state index is 11.5. The van der Waals surface area contributed by atoms with E-state index in [1.807, 2.05) is 78.9 Å². The number of phenolic OH excluding ortho intramolecular Hbond substituents is 2. The van der Waals surface area contributed by atoms with E-state index in [2.05, 4.69) is 5.43 Å². The first-order valence-electron chi connectivity index (χ1n) is 15.6. The second-order valence-corrected chi connectivity index (χ2v) is 12.1. The lowest BCUT2D eigenvalue weighted by atomic mass is 9.97. The minimum absolute atomic E-state index is 0.00865. The lowest BCUT2D eigenvalue weighted by Crippen LogP contribution is -2.48. The van der Waals surface area contributed by atoms with Crippen LogP contribution in [-0.4, -0.2) is 59.0 Å². The van der Waals surface area contributed by atoms with Gasteiger partial charge in [-0.3, -0.25) is 5.43 Å². The summed E-state index contributed by atoms with van der Waals surface area (Å²) < 4.78 is 0. The third-order valence-electron chi connectivity index (χ3n) is 8.69. The Balaban J connectivity index is 1.37. The van der Waals surface area contributed by atoms with E-state index < -0.39 is 6.73 Å². The van der Waals surface area contributed by atoms with Crippen molar-refractivity contribution in [1.29, 1.82) is 0 Å².